The molecule has 3 aromatic rings. The molecule has 7 heteroatoms. The van der Waals surface area contributed by atoms with Gasteiger partial charge in [-0.3, -0.25) is 0 Å². The average molecular weight is 248 g/mol. The van der Waals surface area contributed by atoms with Crippen LogP contribution in [0.15, 0.2) is 35.5 Å². The summed E-state index contributed by atoms with van der Waals surface area (Å²) >= 11 is 0. The van der Waals surface area contributed by atoms with Crippen molar-refractivity contribution in [3.8, 4) is 5.82 Å². The first-order valence-corrected chi connectivity index (χ1v) is 5.03. The lowest BCUT2D eigenvalue weighted by Crippen LogP contribution is -2.16. The SMILES string of the molecule is O=c1[nH]c2ccc(F)c(F)c2n1-c1ccncn1. The van der Waals surface area contributed by atoms with E-state index >= 15 is 0 Å². The van der Waals surface area contributed by atoms with Gasteiger partial charge in [0, 0.05) is 6.20 Å². The molecule has 0 amide bonds. The molecule has 0 aliphatic carbocycles. The Bertz CT molecular complexity index is 779. The molecule has 0 radical (unpaired) electrons. The first-order valence-electron chi connectivity index (χ1n) is 5.03. The molecule has 0 fully saturated rings. The van der Waals surface area contributed by atoms with E-state index in [1.165, 1.54) is 24.7 Å². The quantitative estimate of drug-likeness (QED) is 0.707. The molecule has 5 nitrogen and oxygen atoms in total. The van der Waals surface area contributed by atoms with Gasteiger partial charge in [-0.15, -0.1) is 0 Å². The molecule has 2 heterocycles. The zero-order chi connectivity index (χ0) is 12.7. The van der Waals surface area contributed by atoms with Crippen molar-refractivity contribution < 1.29 is 8.78 Å². The molecule has 2 aromatic heterocycles. The van der Waals surface area contributed by atoms with Crippen molar-refractivity contribution >= 4 is 11.0 Å². The molecule has 0 bridgehead atoms. The zero-order valence-electron chi connectivity index (χ0n) is 8.89. The predicted octanol–water partition coefficient (Wildman–Crippen LogP) is 1.39. The van der Waals surface area contributed by atoms with E-state index < -0.39 is 17.3 Å². The smallest absolute Gasteiger partial charge is 0.305 e. The van der Waals surface area contributed by atoms with Crippen LogP contribution < -0.4 is 5.69 Å². The number of fused-ring (bicyclic) bond motifs is 1. The van der Waals surface area contributed by atoms with E-state index in [0.717, 1.165) is 10.6 Å². The topological polar surface area (TPSA) is 63.6 Å². The second-order valence-electron chi connectivity index (χ2n) is 3.59. The molecule has 0 saturated carbocycles. The van der Waals surface area contributed by atoms with Crippen molar-refractivity contribution in [3.05, 3.63) is 52.8 Å². The molecular formula is C11H6F2N4O. The van der Waals surface area contributed by atoms with Crippen molar-refractivity contribution in [3.63, 3.8) is 0 Å². The number of rotatable bonds is 1. The van der Waals surface area contributed by atoms with Gasteiger partial charge in [0.2, 0.25) is 0 Å². The number of benzene rings is 1. The van der Waals surface area contributed by atoms with Crippen LogP contribution in [0.1, 0.15) is 0 Å². The van der Waals surface area contributed by atoms with Gasteiger partial charge in [-0.05, 0) is 18.2 Å². The fourth-order valence-corrected chi connectivity index (χ4v) is 1.77. The Morgan fingerprint density at radius 2 is 2.06 bits per heavy atom. The molecule has 90 valence electrons. The molecular weight excluding hydrogens is 242 g/mol. The molecule has 0 aliphatic rings. The third-order valence-corrected chi connectivity index (χ3v) is 2.53. The number of nitrogens with one attached hydrogen (secondary N) is 1. The third-order valence-electron chi connectivity index (χ3n) is 2.53. The number of H-pyrrole nitrogens is 1. The highest BCUT2D eigenvalue weighted by atomic mass is 19.2. The van der Waals surface area contributed by atoms with E-state index in [1.807, 2.05) is 0 Å². The molecule has 1 N–H and O–H groups in total. The van der Waals surface area contributed by atoms with Crippen LogP contribution in [0.25, 0.3) is 16.9 Å². The number of hydrogen-bond donors (Lipinski definition) is 1. The highest BCUT2D eigenvalue weighted by Crippen LogP contribution is 2.19. The summed E-state index contributed by atoms with van der Waals surface area (Å²) in [6, 6.07) is 3.68. The Hall–Kier alpha value is -2.57. The first-order chi connectivity index (χ1) is 8.68. The highest BCUT2D eigenvalue weighted by molar-refractivity contribution is 5.77. The second-order valence-corrected chi connectivity index (χ2v) is 3.59. The van der Waals surface area contributed by atoms with Gasteiger partial charge in [-0.1, -0.05) is 0 Å². The largest absolute Gasteiger partial charge is 0.332 e. The number of aromatic nitrogens is 4. The lowest BCUT2D eigenvalue weighted by molar-refractivity contribution is 0.514. The van der Waals surface area contributed by atoms with Gasteiger partial charge in [0.25, 0.3) is 0 Å². The summed E-state index contributed by atoms with van der Waals surface area (Å²) in [6.07, 6.45) is 2.63. The van der Waals surface area contributed by atoms with Crippen LogP contribution in [-0.4, -0.2) is 19.5 Å². The Morgan fingerprint density at radius 1 is 1.22 bits per heavy atom. The van der Waals surface area contributed by atoms with Crippen LogP contribution in [0.3, 0.4) is 0 Å². The van der Waals surface area contributed by atoms with Gasteiger partial charge >= 0.3 is 5.69 Å². The molecule has 0 spiro atoms. The summed E-state index contributed by atoms with van der Waals surface area (Å²) in [5, 5.41) is 0. The van der Waals surface area contributed by atoms with Crippen molar-refractivity contribution in [1.82, 2.24) is 19.5 Å². The van der Waals surface area contributed by atoms with Gasteiger partial charge < -0.3 is 4.98 Å². The van der Waals surface area contributed by atoms with Gasteiger partial charge in [0.05, 0.1) is 5.52 Å². The fraction of sp³-hybridized carbons (Fsp3) is 0. The minimum absolute atomic E-state index is 0.168. The van der Waals surface area contributed by atoms with E-state index in [-0.39, 0.29) is 16.9 Å². The van der Waals surface area contributed by atoms with E-state index in [9.17, 15) is 13.6 Å². The van der Waals surface area contributed by atoms with E-state index in [1.54, 1.807) is 0 Å². The minimum Gasteiger partial charge on any atom is -0.305 e. The maximum absolute atomic E-state index is 13.8. The monoisotopic (exact) mass is 248 g/mol. The summed E-state index contributed by atoms with van der Waals surface area (Å²) in [7, 11) is 0. The number of hydrogen-bond acceptors (Lipinski definition) is 3. The van der Waals surface area contributed by atoms with Crippen molar-refractivity contribution in [1.29, 1.82) is 0 Å². The Morgan fingerprint density at radius 3 is 2.78 bits per heavy atom. The summed E-state index contributed by atoms with van der Waals surface area (Å²) in [6.45, 7) is 0. The van der Waals surface area contributed by atoms with Crippen LogP contribution >= 0.6 is 0 Å². The van der Waals surface area contributed by atoms with E-state index in [0.29, 0.717) is 0 Å². The van der Waals surface area contributed by atoms with Crippen molar-refractivity contribution in [2.75, 3.05) is 0 Å². The first kappa shape index (κ1) is 10.6. The van der Waals surface area contributed by atoms with Gasteiger partial charge in [-0.2, -0.15) is 0 Å². The lowest BCUT2D eigenvalue weighted by Gasteiger charge is -2.02. The number of aromatic amines is 1. The molecule has 18 heavy (non-hydrogen) atoms. The Labute approximate surface area is 98.7 Å². The van der Waals surface area contributed by atoms with Crippen LogP contribution in [0.5, 0.6) is 0 Å². The van der Waals surface area contributed by atoms with Crippen molar-refractivity contribution in [2.24, 2.45) is 0 Å². The fourth-order valence-electron chi connectivity index (χ4n) is 1.77. The Balaban J connectivity index is 2.46. The van der Waals surface area contributed by atoms with Crippen molar-refractivity contribution in [2.45, 2.75) is 0 Å². The highest BCUT2D eigenvalue weighted by Gasteiger charge is 2.16. The maximum Gasteiger partial charge on any atom is 0.332 e. The molecule has 0 atom stereocenters. The summed E-state index contributed by atoms with van der Waals surface area (Å²) in [4.78, 5) is 21.7. The molecule has 1 aromatic carbocycles. The van der Waals surface area contributed by atoms with Crippen LogP contribution in [0.2, 0.25) is 0 Å². The third kappa shape index (κ3) is 1.41. The molecule has 0 saturated heterocycles. The number of imidazole rings is 1. The van der Waals surface area contributed by atoms with E-state index in [4.69, 9.17) is 0 Å². The molecule has 0 aliphatic heterocycles. The Kier molecular flexibility index (Phi) is 2.19. The van der Waals surface area contributed by atoms with Crippen LogP contribution in [0, 0.1) is 11.6 Å². The van der Waals surface area contributed by atoms with Gasteiger partial charge in [0.1, 0.15) is 17.7 Å². The predicted molar refractivity (Wildman–Crippen MR) is 59.4 cm³/mol. The van der Waals surface area contributed by atoms with Gasteiger partial charge in [-0.25, -0.2) is 28.1 Å². The lowest BCUT2D eigenvalue weighted by atomic mass is 10.3. The maximum atomic E-state index is 13.8. The average Bonchev–Trinajstić information content (AvgIpc) is 2.72. The van der Waals surface area contributed by atoms with Crippen LogP contribution in [-0.2, 0) is 0 Å². The molecule has 0 unspecified atom stereocenters. The second kappa shape index (κ2) is 3.73. The molecule has 3 rings (SSSR count). The standard InChI is InChI=1S/C11H6F2N4O/c12-6-1-2-7-10(9(6)13)17(11(18)16-7)8-3-4-14-5-15-8/h1-5H,(H,16,18). The number of nitrogens with zero attached hydrogens (tertiary/aromatic N) is 3. The normalized spacial score (nSPS) is 11.0. The zero-order valence-corrected chi connectivity index (χ0v) is 8.89. The summed E-state index contributed by atoms with van der Waals surface area (Å²) in [5.41, 5.74) is -0.551. The van der Waals surface area contributed by atoms with E-state index in [2.05, 4.69) is 15.0 Å². The van der Waals surface area contributed by atoms with Crippen LogP contribution in [0.4, 0.5) is 8.78 Å². The number of halogens is 2. The minimum atomic E-state index is -1.09. The summed E-state index contributed by atoms with van der Waals surface area (Å²) in [5.74, 6) is -1.94. The van der Waals surface area contributed by atoms with Gasteiger partial charge in [0.15, 0.2) is 11.6 Å². The summed E-state index contributed by atoms with van der Waals surface area (Å²) < 4.78 is 27.9.